The predicted octanol–water partition coefficient (Wildman–Crippen LogP) is 5.54. The van der Waals surface area contributed by atoms with Crippen LogP contribution in [0.25, 0.3) is 0 Å². The molecule has 0 saturated heterocycles. The molecule has 5 heteroatoms. The summed E-state index contributed by atoms with van der Waals surface area (Å²) in [6.07, 6.45) is 3.61. The van der Waals surface area contributed by atoms with Crippen LogP contribution in [0.5, 0.6) is 0 Å². The van der Waals surface area contributed by atoms with Gasteiger partial charge < -0.3 is 5.32 Å². The standard InChI is InChI=1S/C13H11Br3N2/c1-8(9-2-4-17-5-3-9)18-13-11(15)6-10(14)7-12(13)16/h2-8,18H,1H3. The van der Waals surface area contributed by atoms with Gasteiger partial charge in [0.25, 0.3) is 0 Å². The van der Waals surface area contributed by atoms with Crippen molar-refractivity contribution in [3.05, 3.63) is 55.6 Å². The number of aromatic nitrogens is 1. The minimum atomic E-state index is 0.210. The van der Waals surface area contributed by atoms with E-state index in [1.807, 2.05) is 24.3 Å². The molecule has 1 aromatic heterocycles. The van der Waals surface area contributed by atoms with E-state index in [0.29, 0.717) is 0 Å². The second-order valence-electron chi connectivity index (χ2n) is 3.89. The number of hydrogen-bond donors (Lipinski definition) is 1. The fraction of sp³-hybridized carbons (Fsp3) is 0.154. The fourth-order valence-corrected chi connectivity index (χ4v) is 4.12. The van der Waals surface area contributed by atoms with Gasteiger partial charge in [-0.05, 0) is 68.6 Å². The Morgan fingerprint density at radius 2 is 1.61 bits per heavy atom. The fourth-order valence-electron chi connectivity index (χ4n) is 1.63. The zero-order valence-corrected chi connectivity index (χ0v) is 14.4. The van der Waals surface area contributed by atoms with Gasteiger partial charge >= 0.3 is 0 Å². The Morgan fingerprint density at radius 1 is 1.06 bits per heavy atom. The molecule has 0 aliphatic heterocycles. The van der Waals surface area contributed by atoms with Gasteiger partial charge in [0.1, 0.15) is 0 Å². The minimum absolute atomic E-state index is 0.210. The largest absolute Gasteiger partial charge is 0.377 e. The highest BCUT2D eigenvalue weighted by atomic mass is 79.9. The molecule has 0 radical (unpaired) electrons. The van der Waals surface area contributed by atoms with Gasteiger partial charge in [-0.2, -0.15) is 0 Å². The lowest BCUT2D eigenvalue weighted by molar-refractivity contribution is 0.878. The maximum absolute atomic E-state index is 4.03. The lowest BCUT2D eigenvalue weighted by Crippen LogP contribution is -2.07. The molecule has 2 rings (SSSR count). The average molecular weight is 435 g/mol. The van der Waals surface area contributed by atoms with Crippen LogP contribution in [0.15, 0.2) is 50.1 Å². The summed E-state index contributed by atoms with van der Waals surface area (Å²) in [5.41, 5.74) is 2.24. The quantitative estimate of drug-likeness (QED) is 0.685. The average Bonchev–Trinajstić information content (AvgIpc) is 2.34. The highest BCUT2D eigenvalue weighted by Gasteiger charge is 2.11. The molecule has 2 nitrogen and oxygen atoms in total. The van der Waals surface area contributed by atoms with Gasteiger partial charge in [0.05, 0.1) is 5.69 Å². The third kappa shape index (κ3) is 3.33. The first-order valence-electron chi connectivity index (χ1n) is 5.39. The molecule has 1 atom stereocenters. The Labute approximate surface area is 132 Å². The van der Waals surface area contributed by atoms with Gasteiger partial charge in [-0.1, -0.05) is 15.9 Å². The van der Waals surface area contributed by atoms with E-state index in [1.165, 1.54) is 5.56 Å². The number of benzene rings is 1. The Kier molecular flexibility index (Phi) is 4.81. The van der Waals surface area contributed by atoms with E-state index >= 15 is 0 Å². The molecule has 1 N–H and O–H groups in total. The number of rotatable bonds is 3. The van der Waals surface area contributed by atoms with Crippen LogP contribution in [-0.4, -0.2) is 4.98 Å². The maximum Gasteiger partial charge on any atom is 0.0634 e. The number of nitrogens with one attached hydrogen (secondary N) is 1. The summed E-state index contributed by atoms with van der Waals surface area (Å²) < 4.78 is 3.07. The molecule has 0 amide bonds. The lowest BCUT2D eigenvalue weighted by atomic mass is 10.1. The van der Waals surface area contributed by atoms with Crippen molar-refractivity contribution in [1.82, 2.24) is 4.98 Å². The molecule has 0 spiro atoms. The second-order valence-corrected chi connectivity index (χ2v) is 6.52. The smallest absolute Gasteiger partial charge is 0.0634 e. The van der Waals surface area contributed by atoms with Crippen LogP contribution < -0.4 is 5.32 Å². The summed E-state index contributed by atoms with van der Waals surface area (Å²) >= 11 is 10.6. The molecule has 0 fully saturated rings. The number of halogens is 3. The van der Waals surface area contributed by atoms with Crippen molar-refractivity contribution in [2.45, 2.75) is 13.0 Å². The van der Waals surface area contributed by atoms with Gasteiger partial charge in [0.15, 0.2) is 0 Å². The van der Waals surface area contributed by atoms with Crippen LogP contribution in [0.3, 0.4) is 0 Å². The molecule has 18 heavy (non-hydrogen) atoms. The molecule has 0 bridgehead atoms. The summed E-state index contributed by atoms with van der Waals surface area (Å²) in [5.74, 6) is 0. The van der Waals surface area contributed by atoms with Gasteiger partial charge in [-0.3, -0.25) is 4.98 Å². The van der Waals surface area contributed by atoms with Crippen molar-refractivity contribution >= 4 is 53.5 Å². The van der Waals surface area contributed by atoms with E-state index < -0.39 is 0 Å². The zero-order valence-electron chi connectivity index (χ0n) is 9.62. The topological polar surface area (TPSA) is 24.9 Å². The van der Waals surface area contributed by atoms with Gasteiger partial charge in [-0.25, -0.2) is 0 Å². The van der Waals surface area contributed by atoms with Crippen LogP contribution in [0.4, 0.5) is 5.69 Å². The number of pyridine rings is 1. The van der Waals surface area contributed by atoms with Crippen LogP contribution in [-0.2, 0) is 0 Å². The van der Waals surface area contributed by atoms with Crippen molar-refractivity contribution in [3.8, 4) is 0 Å². The summed E-state index contributed by atoms with van der Waals surface area (Å²) in [6.45, 7) is 2.12. The molecule has 0 aliphatic carbocycles. The first-order chi connectivity index (χ1) is 8.58. The van der Waals surface area contributed by atoms with E-state index in [2.05, 4.69) is 65.0 Å². The predicted molar refractivity (Wildman–Crippen MR) is 85.8 cm³/mol. The molecule has 1 unspecified atom stereocenters. The van der Waals surface area contributed by atoms with Crippen molar-refractivity contribution in [1.29, 1.82) is 0 Å². The third-order valence-electron chi connectivity index (χ3n) is 2.57. The van der Waals surface area contributed by atoms with Crippen LogP contribution in [0.1, 0.15) is 18.5 Å². The first-order valence-corrected chi connectivity index (χ1v) is 7.77. The first kappa shape index (κ1) is 14.0. The van der Waals surface area contributed by atoms with Crippen LogP contribution >= 0.6 is 47.8 Å². The Balaban J connectivity index is 2.25. The highest BCUT2D eigenvalue weighted by molar-refractivity contribution is 9.11. The Bertz CT molecular complexity index is 520. The van der Waals surface area contributed by atoms with E-state index in [1.54, 1.807) is 12.4 Å². The van der Waals surface area contributed by atoms with E-state index in [4.69, 9.17) is 0 Å². The summed E-state index contributed by atoms with van der Waals surface area (Å²) in [4.78, 5) is 4.03. The third-order valence-corrected chi connectivity index (χ3v) is 4.28. The van der Waals surface area contributed by atoms with Crippen molar-refractivity contribution < 1.29 is 0 Å². The van der Waals surface area contributed by atoms with Gasteiger partial charge in [-0.15, -0.1) is 0 Å². The van der Waals surface area contributed by atoms with Crippen molar-refractivity contribution in [2.75, 3.05) is 5.32 Å². The van der Waals surface area contributed by atoms with Crippen molar-refractivity contribution in [3.63, 3.8) is 0 Å². The highest BCUT2D eigenvalue weighted by Crippen LogP contribution is 2.36. The molecule has 1 heterocycles. The molecule has 94 valence electrons. The van der Waals surface area contributed by atoms with E-state index in [-0.39, 0.29) is 6.04 Å². The molecular weight excluding hydrogens is 424 g/mol. The lowest BCUT2D eigenvalue weighted by Gasteiger charge is -2.18. The van der Waals surface area contributed by atoms with Gasteiger partial charge in [0.2, 0.25) is 0 Å². The minimum Gasteiger partial charge on any atom is -0.377 e. The Morgan fingerprint density at radius 3 is 2.17 bits per heavy atom. The normalized spacial score (nSPS) is 12.2. The summed E-state index contributed by atoms with van der Waals surface area (Å²) in [6, 6.07) is 8.27. The Hall–Kier alpha value is -0.390. The number of anilines is 1. The second kappa shape index (κ2) is 6.17. The number of nitrogens with zero attached hydrogens (tertiary/aromatic N) is 1. The maximum atomic E-state index is 4.03. The van der Waals surface area contributed by atoms with Crippen molar-refractivity contribution in [2.24, 2.45) is 0 Å². The SMILES string of the molecule is CC(Nc1c(Br)cc(Br)cc1Br)c1ccncc1. The van der Waals surface area contributed by atoms with E-state index in [9.17, 15) is 0 Å². The zero-order chi connectivity index (χ0) is 13.1. The molecule has 2 aromatic rings. The summed E-state index contributed by atoms with van der Waals surface area (Å²) in [7, 11) is 0. The summed E-state index contributed by atoms with van der Waals surface area (Å²) in [5, 5.41) is 3.48. The number of hydrogen-bond acceptors (Lipinski definition) is 2. The molecule has 0 aliphatic rings. The van der Waals surface area contributed by atoms with E-state index in [0.717, 1.165) is 19.1 Å². The van der Waals surface area contributed by atoms with Gasteiger partial charge in [0, 0.05) is 31.9 Å². The molecule has 0 saturated carbocycles. The van der Waals surface area contributed by atoms with Crippen LogP contribution in [0, 0.1) is 0 Å². The molecular formula is C13H11Br3N2. The molecule has 1 aromatic carbocycles. The monoisotopic (exact) mass is 432 g/mol. The van der Waals surface area contributed by atoms with Crippen LogP contribution in [0.2, 0.25) is 0 Å².